The number of amides is 1. The molecule has 4 unspecified atom stereocenters. The van der Waals surface area contributed by atoms with Crippen molar-refractivity contribution >= 4 is 57.1 Å². The van der Waals surface area contributed by atoms with Crippen molar-refractivity contribution in [2.75, 3.05) is 23.8 Å². The summed E-state index contributed by atoms with van der Waals surface area (Å²) in [7, 11) is 0. The van der Waals surface area contributed by atoms with E-state index in [4.69, 9.17) is 26.8 Å². The first-order valence-corrected chi connectivity index (χ1v) is 20.1. The van der Waals surface area contributed by atoms with E-state index in [9.17, 15) is 9.59 Å². The summed E-state index contributed by atoms with van der Waals surface area (Å²) in [5.41, 5.74) is 14.0. The highest BCUT2D eigenvalue weighted by molar-refractivity contribution is 6.66. The molecular formula is C40H47ClN14O4. The molecule has 0 spiro atoms. The Kier molecular flexibility index (Phi) is 12.1. The maximum Gasteiger partial charge on any atom is 0.244 e. The maximum atomic E-state index is 11.6. The molecular weight excluding hydrogens is 776 g/mol. The lowest BCUT2D eigenvalue weighted by Crippen LogP contribution is -2.31. The van der Waals surface area contributed by atoms with Gasteiger partial charge in [-0.3, -0.25) is 19.0 Å². The van der Waals surface area contributed by atoms with Crippen molar-refractivity contribution in [2.45, 2.75) is 88.7 Å². The van der Waals surface area contributed by atoms with Crippen molar-refractivity contribution in [3.63, 3.8) is 0 Å². The topological polar surface area (TPSA) is 211 Å². The summed E-state index contributed by atoms with van der Waals surface area (Å²) in [6, 6.07) is 8.81. The molecule has 1 amide bonds. The van der Waals surface area contributed by atoms with Crippen molar-refractivity contribution in [3.8, 4) is 0 Å². The molecule has 0 aromatic carbocycles. The van der Waals surface area contributed by atoms with E-state index in [2.05, 4.69) is 77.8 Å². The van der Waals surface area contributed by atoms with E-state index in [1.54, 1.807) is 17.2 Å². The second-order valence-corrected chi connectivity index (χ2v) is 15.3. The number of nitrogens with one attached hydrogen (secondary N) is 3. The number of carbonyl (C=O) groups excluding carboxylic acids is 2. The Hall–Kier alpha value is -5.95. The standard InChI is InChI=1S/C20H23N7O2.C17H21N7O.C3H3ClO/c1-2-19(28)23-15-4-3-13(7-15)14-8-17(20-21-12-22-27(20)10-14)24-18-9-16-11-29-6-5-26(16)25-18;18-13-2-1-11(5-13)12-6-15(17-19-10-20-24(17)8-12)21-16-7-14-9-25-4-3-23(14)22-16;1-2-3(4)5/h2,8-10,12-13,15H,1,3-7,11H2,(H,23,28)(H,24,25);6-8,10-11,13H,1-5,9,18H2,(H,21,22);2H,1H2. The molecule has 10 rings (SSSR count). The summed E-state index contributed by atoms with van der Waals surface area (Å²) in [5, 5.41) is 27.3. The van der Waals surface area contributed by atoms with Crippen LogP contribution in [-0.2, 0) is 45.4 Å². The molecule has 2 aliphatic heterocycles. The number of anilines is 4. The molecule has 6 aromatic heterocycles. The zero-order chi connectivity index (χ0) is 40.9. The Morgan fingerprint density at radius 3 is 1.76 bits per heavy atom. The van der Waals surface area contributed by atoms with Crippen LogP contribution in [0.15, 0.2) is 74.6 Å². The van der Waals surface area contributed by atoms with E-state index in [0.717, 1.165) is 103 Å². The molecule has 2 fully saturated rings. The number of allylic oxidation sites excluding steroid dienone is 1. The highest BCUT2D eigenvalue weighted by Crippen LogP contribution is 2.37. The number of aromatic nitrogens is 10. The summed E-state index contributed by atoms with van der Waals surface area (Å²) in [6.07, 6.45) is 15.7. The summed E-state index contributed by atoms with van der Waals surface area (Å²) >= 11 is 4.71. The predicted octanol–water partition coefficient (Wildman–Crippen LogP) is 4.87. The number of hydrogen-bond donors (Lipinski definition) is 4. The first-order valence-electron chi connectivity index (χ1n) is 19.7. The van der Waals surface area contributed by atoms with Crippen molar-refractivity contribution in [1.82, 2.24) is 54.1 Å². The van der Waals surface area contributed by atoms with Gasteiger partial charge in [0, 0.05) is 36.6 Å². The molecule has 0 saturated heterocycles. The van der Waals surface area contributed by atoms with Gasteiger partial charge < -0.3 is 31.2 Å². The number of ether oxygens (including phenoxy) is 2. The fraction of sp³-hybridized carbons (Fsp3) is 0.400. The van der Waals surface area contributed by atoms with E-state index < -0.39 is 5.24 Å². The zero-order valence-electron chi connectivity index (χ0n) is 32.5. The second-order valence-electron chi connectivity index (χ2n) is 15.0. The number of hydrogen-bond acceptors (Lipinski definition) is 13. The molecule has 5 N–H and O–H groups in total. The van der Waals surface area contributed by atoms with Gasteiger partial charge >= 0.3 is 0 Å². The fourth-order valence-corrected chi connectivity index (χ4v) is 8.10. The van der Waals surface area contributed by atoms with Crippen LogP contribution in [0, 0.1) is 0 Å². The van der Waals surface area contributed by atoms with Crippen LogP contribution in [0.3, 0.4) is 0 Å². The quantitative estimate of drug-likeness (QED) is 0.113. The molecule has 4 aliphatic rings. The highest BCUT2D eigenvalue weighted by atomic mass is 35.5. The molecule has 19 heteroatoms. The Balaban J connectivity index is 0.000000149. The SMILES string of the molecule is C=CC(=O)Cl.C=CC(=O)NC1CCC(c2cc(Nc3cc4n(n3)CCOC4)c3ncnn3c2)C1.NC1CCC(c2cc(Nc3cc4n(n3)CCOC4)c3ncnn3c2)C1. The molecule has 0 radical (unpaired) electrons. The number of rotatable bonds is 9. The van der Waals surface area contributed by atoms with E-state index in [0.29, 0.717) is 44.3 Å². The normalized spacial score (nSPS) is 20.7. The van der Waals surface area contributed by atoms with Crippen LogP contribution in [0.2, 0.25) is 0 Å². The predicted molar refractivity (Wildman–Crippen MR) is 221 cm³/mol. The van der Waals surface area contributed by atoms with Crippen LogP contribution in [-0.4, -0.2) is 85.2 Å². The van der Waals surface area contributed by atoms with E-state index in [-0.39, 0.29) is 11.9 Å². The van der Waals surface area contributed by atoms with Crippen molar-refractivity contribution in [1.29, 1.82) is 0 Å². The Bertz CT molecular complexity index is 2420. The van der Waals surface area contributed by atoms with Gasteiger partial charge in [0.05, 0.1) is 62.3 Å². The summed E-state index contributed by atoms with van der Waals surface area (Å²) in [5.74, 6) is 2.30. The van der Waals surface area contributed by atoms with Gasteiger partial charge in [-0.1, -0.05) is 13.2 Å². The van der Waals surface area contributed by atoms with Crippen molar-refractivity contribution in [3.05, 3.63) is 97.1 Å². The van der Waals surface area contributed by atoms with Gasteiger partial charge in [0.2, 0.25) is 11.1 Å². The molecule has 308 valence electrons. The number of halogens is 1. The average Bonchev–Trinajstić information content (AvgIpc) is 4.10. The van der Waals surface area contributed by atoms with Crippen molar-refractivity contribution < 1.29 is 19.1 Å². The second kappa shape index (κ2) is 17.9. The number of nitrogens with two attached hydrogens (primary N) is 1. The lowest BCUT2D eigenvalue weighted by atomic mass is 9.98. The minimum atomic E-state index is -0.509. The Morgan fingerprint density at radius 1 is 0.763 bits per heavy atom. The molecule has 4 atom stereocenters. The number of fused-ring (bicyclic) bond motifs is 4. The molecule has 6 aromatic rings. The maximum absolute atomic E-state index is 11.6. The number of pyridine rings is 2. The zero-order valence-corrected chi connectivity index (χ0v) is 33.3. The van der Waals surface area contributed by atoms with Gasteiger partial charge in [-0.25, -0.2) is 19.0 Å². The molecule has 0 bridgehead atoms. The smallest absolute Gasteiger partial charge is 0.244 e. The minimum Gasteiger partial charge on any atom is -0.373 e. The van der Waals surface area contributed by atoms with Gasteiger partial charge in [-0.2, -0.15) is 20.4 Å². The van der Waals surface area contributed by atoms with Crippen LogP contribution in [0.25, 0.3) is 11.3 Å². The third-order valence-electron chi connectivity index (χ3n) is 11.0. The van der Waals surface area contributed by atoms with Gasteiger partial charge in [0.1, 0.15) is 12.7 Å². The lowest BCUT2D eigenvalue weighted by molar-refractivity contribution is -0.117. The minimum absolute atomic E-state index is 0.113. The molecule has 8 heterocycles. The van der Waals surface area contributed by atoms with Crippen LogP contribution < -0.4 is 21.7 Å². The first-order chi connectivity index (χ1) is 28.7. The van der Waals surface area contributed by atoms with E-state index >= 15 is 0 Å². The third-order valence-corrected chi connectivity index (χ3v) is 11.1. The van der Waals surface area contributed by atoms with Gasteiger partial charge in [-0.05, 0) is 97.4 Å². The van der Waals surface area contributed by atoms with Gasteiger partial charge in [-0.15, -0.1) is 0 Å². The monoisotopic (exact) mass is 822 g/mol. The fourth-order valence-electron chi connectivity index (χ4n) is 8.10. The number of nitrogens with zero attached hydrogens (tertiary/aromatic N) is 10. The Morgan fingerprint density at radius 2 is 1.29 bits per heavy atom. The molecule has 18 nitrogen and oxygen atoms in total. The Labute approximate surface area is 344 Å². The van der Waals surface area contributed by atoms with Crippen LogP contribution in [0.4, 0.5) is 23.0 Å². The van der Waals surface area contributed by atoms with Gasteiger partial charge in [0.15, 0.2) is 22.9 Å². The van der Waals surface area contributed by atoms with Crippen LogP contribution in [0.5, 0.6) is 0 Å². The summed E-state index contributed by atoms with van der Waals surface area (Å²) in [6.45, 7) is 10.7. The largest absolute Gasteiger partial charge is 0.373 e. The van der Waals surface area contributed by atoms with Crippen LogP contribution in [0.1, 0.15) is 72.9 Å². The number of carbonyl (C=O) groups is 2. The third kappa shape index (κ3) is 9.36. The molecule has 59 heavy (non-hydrogen) atoms. The van der Waals surface area contributed by atoms with E-state index in [1.807, 2.05) is 32.2 Å². The highest BCUT2D eigenvalue weighted by Gasteiger charge is 2.28. The molecule has 2 aliphatic carbocycles. The summed E-state index contributed by atoms with van der Waals surface area (Å²) in [4.78, 5) is 29.8. The van der Waals surface area contributed by atoms with Gasteiger partial charge in [0.25, 0.3) is 0 Å². The van der Waals surface area contributed by atoms with Crippen molar-refractivity contribution in [2.24, 2.45) is 5.73 Å². The summed E-state index contributed by atoms with van der Waals surface area (Å²) < 4.78 is 18.6. The lowest BCUT2D eigenvalue weighted by Gasteiger charge is -2.14. The van der Waals surface area contributed by atoms with E-state index in [1.165, 1.54) is 17.2 Å². The first kappa shape index (κ1) is 39.9. The van der Waals surface area contributed by atoms with Crippen LogP contribution >= 0.6 is 11.6 Å². The average molecular weight is 823 g/mol. The molecule has 2 saturated carbocycles.